The molecule has 0 heterocycles. The van der Waals surface area contributed by atoms with E-state index in [-0.39, 0.29) is 6.10 Å². The summed E-state index contributed by atoms with van der Waals surface area (Å²) in [6.45, 7) is 2.87. The molecule has 0 aliphatic rings. The predicted octanol–water partition coefficient (Wildman–Crippen LogP) is 1.93. The lowest BCUT2D eigenvalue weighted by atomic mass is 10.1. The summed E-state index contributed by atoms with van der Waals surface area (Å²) in [4.78, 5) is 0. The molecule has 0 radical (unpaired) electrons. The zero-order valence-electron chi connectivity index (χ0n) is 7.81. The van der Waals surface area contributed by atoms with Gasteiger partial charge in [-0.15, -0.1) is 0 Å². The van der Waals surface area contributed by atoms with E-state index in [2.05, 4.69) is 6.92 Å². The van der Waals surface area contributed by atoms with Crippen molar-refractivity contribution in [3.63, 3.8) is 0 Å². The molecule has 0 aromatic heterocycles. The van der Waals surface area contributed by atoms with Crippen molar-refractivity contribution in [2.24, 2.45) is 5.73 Å². The minimum absolute atomic E-state index is 0.284. The Bertz CT molecular complexity index is 72.0. The van der Waals surface area contributed by atoms with E-state index < -0.39 is 0 Å². The van der Waals surface area contributed by atoms with E-state index in [1.807, 2.05) is 0 Å². The Morgan fingerprint density at radius 3 is 2.45 bits per heavy atom. The Hall–Kier alpha value is -0.0800. The quantitative estimate of drug-likeness (QED) is 0.576. The second kappa shape index (κ2) is 8.02. The minimum Gasteiger partial charge on any atom is -0.380 e. The smallest absolute Gasteiger partial charge is 0.0693 e. The van der Waals surface area contributed by atoms with Gasteiger partial charge in [-0.05, 0) is 6.42 Å². The lowest BCUT2D eigenvalue weighted by Crippen LogP contribution is -2.21. The maximum absolute atomic E-state index is 5.47. The van der Waals surface area contributed by atoms with Gasteiger partial charge in [0.15, 0.2) is 0 Å². The highest BCUT2D eigenvalue weighted by molar-refractivity contribution is 4.57. The van der Waals surface area contributed by atoms with Crippen molar-refractivity contribution in [2.45, 2.75) is 45.1 Å². The molecule has 0 bridgehead atoms. The molecule has 0 aromatic rings. The largest absolute Gasteiger partial charge is 0.380 e. The first-order chi connectivity index (χ1) is 5.35. The molecule has 11 heavy (non-hydrogen) atoms. The predicted molar refractivity (Wildman–Crippen MR) is 48.6 cm³/mol. The number of nitrogens with two attached hydrogens (primary N) is 1. The summed E-state index contributed by atoms with van der Waals surface area (Å²) in [5, 5.41) is 0. The summed E-state index contributed by atoms with van der Waals surface area (Å²) in [5.41, 5.74) is 5.47. The highest BCUT2D eigenvalue weighted by Crippen LogP contribution is 2.06. The third kappa shape index (κ3) is 6.32. The third-order valence-electron chi connectivity index (χ3n) is 1.98. The fourth-order valence-electron chi connectivity index (χ4n) is 1.13. The Morgan fingerprint density at radius 1 is 1.27 bits per heavy atom. The molecule has 0 amide bonds. The van der Waals surface area contributed by atoms with Crippen molar-refractivity contribution >= 4 is 0 Å². The monoisotopic (exact) mass is 159 g/mol. The third-order valence-corrected chi connectivity index (χ3v) is 1.98. The van der Waals surface area contributed by atoms with E-state index in [1.165, 1.54) is 25.7 Å². The van der Waals surface area contributed by atoms with E-state index in [0.717, 1.165) is 6.42 Å². The standard InChI is InChI=1S/C9H21NO/c1-3-4-5-6-7-9(8-10)11-2/h9H,3-8,10H2,1-2H3. The first-order valence-corrected chi connectivity index (χ1v) is 4.58. The summed E-state index contributed by atoms with van der Waals surface area (Å²) in [7, 11) is 1.73. The van der Waals surface area contributed by atoms with Gasteiger partial charge in [-0.2, -0.15) is 0 Å². The van der Waals surface area contributed by atoms with Crippen LogP contribution in [0.4, 0.5) is 0 Å². The van der Waals surface area contributed by atoms with Crippen LogP contribution in [-0.4, -0.2) is 19.8 Å². The molecule has 68 valence electrons. The van der Waals surface area contributed by atoms with Crippen LogP contribution in [0.15, 0.2) is 0 Å². The van der Waals surface area contributed by atoms with Gasteiger partial charge in [0, 0.05) is 13.7 Å². The zero-order valence-corrected chi connectivity index (χ0v) is 7.81. The fraction of sp³-hybridized carbons (Fsp3) is 1.00. The summed E-state index contributed by atoms with van der Waals surface area (Å²) < 4.78 is 5.15. The molecule has 1 unspecified atom stereocenters. The van der Waals surface area contributed by atoms with Crippen LogP contribution in [0, 0.1) is 0 Å². The van der Waals surface area contributed by atoms with Crippen LogP contribution in [0.5, 0.6) is 0 Å². The summed E-state index contributed by atoms with van der Waals surface area (Å²) in [5.74, 6) is 0. The second-order valence-electron chi connectivity index (χ2n) is 2.94. The normalized spacial score (nSPS) is 13.4. The molecular weight excluding hydrogens is 138 g/mol. The SMILES string of the molecule is CCCCCCC(CN)OC. The highest BCUT2D eigenvalue weighted by Gasteiger charge is 2.02. The van der Waals surface area contributed by atoms with Crippen LogP contribution in [0.3, 0.4) is 0 Å². The van der Waals surface area contributed by atoms with Gasteiger partial charge in [0.1, 0.15) is 0 Å². The van der Waals surface area contributed by atoms with E-state index in [9.17, 15) is 0 Å². The number of ether oxygens (including phenoxy) is 1. The topological polar surface area (TPSA) is 35.2 Å². The summed E-state index contributed by atoms with van der Waals surface area (Å²) in [6, 6.07) is 0. The molecule has 0 rings (SSSR count). The van der Waals surface area contributed by atoms with E-state index in [4.69, 9.17) is 10.5 Å². The first kappa shape index (κ1) is 10.9. The van der Waals surface area contributed by atoms with Crippen molar-refractivity contribution in [1.29, 1.82) is 0 Å². The molecule has 0 fully saturated rings. The van der Waals surface area contributed by atoms with Gasteiger partial charge in [0.05, 0.1) is 6.10 Å². The number of rotatable bonds is 7. The zero-order chi connectivity index (χ0) is 8.53. The van der Waals surface area contributed by atoms with Crippen LogP contribution in [0.2, 0.25) is 0 Å². The van der Waals surface area contributed by atoms with Crippen LogP contribution < -0.4 is 5.73 Å². The van der Waals surface area contributed by atoms with E-state index in [0.29, 0.717) is 6.54 Å². The number of unbranched alkanes of at least 4 members (excludes halogenated alkanes) is 3. The van der Waals surface area contributed by atoms with Crippen molar-refractivity contribution in [3.05, 3.63) is 0 Å². The van der Waals surface area contributed by atoms with Gasteiger partial charge in [0.25, 0.3) is 0 Å². The van der Waals surface area contributed by atoms with Crippen LogP contribution in [0.1, 0.15) is 39.0 Å². The van der Waals surface area contributed by atoms with Gasteiger partial charge >= 0.3 is 0 Å². The number of methoxy groups -OCH3 is 1. The Labute approximate surface area is 70.1 Å². The van der Waals surface area contributed by atoms with Gasteiger partial charge in [-0.1, -0.05) is 32.6 Å². The maximum atomic E-state index is 5.47. The number of hydrogen-bond donors (Lipinski definition) is 1. The van der Waals surface area contributed by atoms with Crippen LogP contribution >= 0.6 is 0 Å². The van der Waals surface area contributed by atoms with Crippen LogP contribution in [-0.2, 0) is 4.74 Å². The molecule has 2 heteroatoms. The summed E-state index contributed by atoms with van der Waals surface area (Å²) in [6.07, 6.45) is 6.60. The Balaban J connectivity index is 3.07. The molecule has 0 aromatic carbocycles. The molecule has 0 aliphatic heterocycles. The van der Waals surface area contributed by atoms with Gasteiger partial charge < -0.3 is 10.5 Å². The summed E-state index contributed by atoms with van der Waals surface area (Å²) >= 11 is 0. The number of hydrogen-bond acceptors (Lipinski definition) is 2. The lowest BCUT2D eigenvalue weighted by Gasteiger charge is -2.11. The molecule has 2 nitrogen and oxygen atoms in total. The average molecular weight is 159 g/mol. The van der Waals surface area contributed by atoms with E-state index >= 15 is 0 Å². The van der Waals surface area contributed by atoms with E-state index in [1.54, 1.807) is 7.11 Å². The molecular formula is C9H21NO. The highest BCUT2D eigenvalue weighted by atomic mass is 16.5. The van der Waals surface area contributed by atoms with Crippen molar-refractivity contribution in [1.82, 2.24) is 0 Å². The minimum atomic E-state index is 0.284. The van der Waals surface area contributed by atoms with Crippen LogP contribution in [0.25, 0.3) is 0 Å². The maximum Gasteiger partial charge on any atom is 0.0693 e. The molecule has 1 atom stereocenters. The molecule has 0 saturated heterocycles. The van der Waals surface area contributed by atoms with Crippen molar-refractivity contribution < 1.29 is 4.74 Å². The van der Waals surface area contributed by atoms with Crippen molar-refractivity contribution in [2.75, 3.05) is 13.7 Å². The Morgan fingerprint density at radius 2 is 2.00 bits per heavy atom. The van der Waals surface area contributed by atoms with Gasteiger partial charge in [0.2, 0.25) is 0 Å². The fourth-order valence-corrected chi connectivity index (χ4v) is 1.13. The second-order valence-corrected chi connectivity index (χ2v) is 2.94. The molecule has 0 aliphatic carbocycles. The van der Waals surface area contributed by atoms with Crippen molar-refractivity contribution in [3.8, 4) is 0 Å². The van der Waals surface area contributed by atoms with Gasteiger partial charge in [-0.3, -0.25) is 0 Å². The van der Waals surface area contributed by atoms with Gasteiger partial charge in [-0.25, -0.2) is 0 Å². The lowest BCUT2D eigenvalue weighted by molar-refractivity contribution is 0.0996. The average Bonchev–Trinajstić information content (AvgIpc) is 2.05. The first-order valence-electron chi connectivity index (χ1n) is 4.58. The molecule has 0 saturated carbocycles. The molecule has 2 N–H and O–H groups in total. The molecule has 0 spiro atoms. The Kier molecular flexibility index (Phi) is 7.96.